The molecule has 5 N–H and O–H groups in total. The molecule has 0 aliphatic carbocycles. The number of aryl methyl sites for hydroxylation is 1. The first-order valence-corrected chi connectivity index (χ1v) is 6.46. The first-order valence-electron chi connectivity index (χ1n) is 5.66. The van der Waals surface area contributed by atoms with Gasteiger partial charge in [0.2, 0.25) is 0 Å². The molecular formula is C13H14BrFN4. The zero-order valence-corrected chi connectivity index (χ0v) is 11.9. The molecule has 19 heavy (non-hydrogen) atoms. The van der Waals surface area contributed by atoms with Crippen LogP contribution in [0.2, 0.25) is 0 Å². The van der Waals surface area contributed by atoms with Crippen molar-refractivity contribution in [3.63, 3.8) is 0 Å². The van der Waals surface area contributed by atoms with Crippen LogP contribution in [0.1, 0.15) is 22.7 Å². The number of nitrogens with zero attached hydrogens (tertiary/aromatic N) is 1. The number of rotatable bonds is 3. The van der Waals surface area contributed by atoms with E-state index in [0.717, 1.165) is 16.7 Å². The number of benzene rings is 1. The number of hydrogen-bond donors (Lipinski definition) is 3. The second kappa shape index (κ2) is 5.64. The van der Waals surface area contributed by atoms with E-state index in [9.17, 15) is 4.39 Å². The molecule has 1 unspecified atom stereocenters. The maximum atomic E-state index is 13.2. The summed E-state index contributed by atoms with van der Waals surface area (Å²) in [6.07, 6.45) is 1.64. The molecule has 1 heterocycles. The van der Waals surface area contributed by atoms with E-state index >= 15 is 0 Å². The Morgan fingerprint density at radius 2 is 2.11 bits per heavy atom. The van der Waals surface area contributed by atoms with Crippen LogP contribution >= 0.6 is 15.9 Å². The molecule has 6 heteroatoms. The fourth-order valence-electron chi connectivity index (χ4n) is 2.03. The number of nitrogens with one attached hydrogen (secondary N) is 1. The molecule has 0 spiro atoms. The average Bonchev–Trinajstić information content (AvgIpc) is 2.35. The van der Waals surface area contributed by atoms with Crippen molar-refractivity contribution in [3.8, 4) is 0 Å². The van der Waals surface area contributed by atoms with Crippen molar-refractivity contribution in [3.05, 3.63) is 57.4 Å². The molecule has 0 fully saturated rings. The van der Waals surface area contributed by atoms with Crippen LogP contribution in [0.15, 0.2) is 34.9 Å². The van der Waals surface area contributed by atoms with Crippen molar-refractivity contribution < 1.29 is 4.39 Å². The van der Waals surface area contributed by atoms with Gasteiger partial charge in [0.05, 0.1) is 6.04 Å². The maximum Gasteiger partial charge on any atom is 0.128 e. The molecule has 4 nitrogen and oxygen atoms in total. The summed E-state index contributed by atoms with van der Waals surface area (Å²) in [6, 6.07) is 5.93. The highest BCUT2D eigenvalue weighted by Gasteiger charge is 2.20. The van der Waals surface area contributed by atoms with Gasteiger partial charge in [-0.25, -0.2) is 14.8 Å². The Bertz CT molecular complexity index is 583. The van der Waals surface area contributed by atoms with Gasteiger partial charge in [-0.2, -0.15) is 0 Å². The smallest absolute Gasteiger partial charge is 0.128 e. The molecule has 0 aliphatic heterocycles. The molecule has 1 atom stereocenters. The molecule has 0 bridgehead atoms. The summed E-state index contributed by atoms with van der Waals surface area (Å²) in [6.45, 7) is 1.93. The Balaban J connectivity index is 2.56. The van der Waals surface area contributed by atoms with Crippen LogP contribution in [-0.4, -0.2) is 4.98 Å². The molecule has 100 valence electrons. The minimum absolute atomic E-state index is 0.317. The predicted molar refractivity (Wildman–Crippen MR) is 76.7 cm³/mol. The summed E-state index contributed by atoms with van der Waals surface area (Å²) >= 11 is 3.34. The second-order valence-electron chi connectivity index (χ2n) is 4.19. The molecule has 0 radical (unpaired) electrons. The van der Waals surface area contributed by atoms with Crippen LogP contribution < -0.4 is 17.0 Å². The van der Waals surface area contributed by atoms with E-state index < -0.39 is 0 Å². The third-order valence-corrected chi connectivity index (χ3v) is 3.65. The van der Waals surface area contributed by atoms with Gasteiger partial charge in [0.1, 0.15) is 11.6 Å². The lowest BCUT2D eigenvalue weighted by atomic mass is 9.96. The van der Waals surface area contributed by atoms with Crippen LogP contribution in [0.25, 0.3) is 0 Å². The SMILES string of the molecule is Cc1ccnc(N)c1C(NN)c1ccc(F)cc1Br. The highest BCUT2D eigenvalue weighted by Crippen LogP contribution is 2.32. The van der Waals surface area contributed by atoms with Crippen molar-refractivity contribution in [1.29, 1.82) is 0 Å². The molecular weight excluding hydrogens is 311 g/mol. The summed E-state index contributed by atoms with van der Waals surface area (Å²) in [5.41, 5.74) is 11.2. The quantitative estimate of drug-likeness (QED) is 0.598. The van der Waals surface area contributed by atoms with Gasteiger partial charge >= 0.3 is 0 Å². The van der Waals surface area contributed by atoms with Crippen LogP contribution in [0.3, 0.4) is 0 Å². The molecule has 0 saturated carbocycles. The van der Waals surface area contributed by atoms with E-state index in [1.807, 2.05) is 13.0 Å². The summed E-state index contributed by atoms with van der Waals surface area (Å²) < 4.78 is 13.8. The largest absolute Gasteiger partial charge is 0.383 e. The van der Waals surface area contributed by atoms with E-state index in [-0.39, 0.29) is 11.9 Å². The van der Waals surface area contributed by atoms with E-state index in [1.54, 1.807) is 12.3 Å². The Labute approximate surface area is 119 Å². The molecule has 1 aromatic heterocycles. The molecule has 0 saturated heterocycles. The lowest BCUT2D eigenvalue weighted by molar-refractivity contribution is 0.611. The van der Waals surface area contributed by atoms with Gasteiger partial charge in [0.25, 0.3) is 0 Å². The van der Waals surface area contributed by atoms with E-state index in [0.29, 0.717) is 10.3 Å². The Kier molecular flexibility index (Phi) is 4.14. The minimum atomic E-state index is -0.358. The van der Waals surface area contributed by atoms with Gasteiger partial charge in [-0.3, -0.25) is 5.84 Å². The fraction of sp³-hybridized carbons (Fsp3) is 0.154. The highest BCUT2D eigenvalue weighted by molar-refractivity contribution is 9.10. The lowest BCUT2D eigenvalue weighted by Crippen LogP contribution is -2.30. The lowest BCUT2D eigenvalue weighted by Gasteiger charge is -2.21. The van der Waals surface area contributed by atoms with Gasteiger partial charge in [0, 0.05) is 16.2 Å². The molecule has 1 aromatic carbocycles. The summed E-state index contributed by atoms with van der Waals surface area (Å²) in [7, 11) is 0. The number of hydrazine groups is 1. The number of anilines is 1. The maximum absolute atomic E-state index is 13.2. The van der Waals surface area contributed by atoms with Crippen molar-refractivity contribution in [2.75, 3.05) is 5.73 Å². The van der Waals surface area contributed by atoms with Gasteiger partial charge in [-0.15, -0.1) is 0 Å². The van der Waals surface area contributed by atoms with Gasteiger partial charge in [-0.1, -0.05) is 22.0 Å². The first-order chi connectivity index (χ1) is 9.04. The number of pyridine rings is 1. The number of hydrogen-bond acceptors (Lipinski definition) is 4. The third-order valence-electron chi connectivity index (χ3n) is 2.97. The predicted octanol–water partition coefficient (Wildman–Crippen LogP) is 2.43. The van der Waals surface area contributed by atoms with Gasteiger partial charge < -0.3 is 5.73 Å². The van der Waals surface area contributed by atoms with Crippen molar-refractivity contribution >= 4 is 21.7 Å². The number of nitrogen functional groups attached to an aromatic ring is 1. The highest BCUT2D eigenvalue weighted by atomic mass is 79.9. The van der Waals surface area contributed by atoms with E-state index in [4.69, 9.17) is 11.6 Å². The van der Waals surface area contributed by atoms with Crippen molar-refractivity contribution in [1.82, 2.24) is 10.4 Å². The van der Waals surface area contributed by atoms with Gasteiger partial charge in [-0.05, 0) is 36.2 Å². The van der Waals surface area contributed by atoms with Gasteiger partial charge in [0.15, 0.2) is 0 Å². The summed E-state index contributed by atoms with van der Waals surface area (Å²) in [5, 5.41) is 0. The second-order valence-corrected chi connectivity index (χ2v) is 5.05. The zero-order valence-electron chi connectivity index (χ0n) is 10.3. The third kappa shape index (κ3) is 2.75. The van der Waals surface area contributed by atoms with Crippen molar-refractivity contribution in [2.45, 2.75) is 13.0 Å². The van der Waals surface area contributed by atoms with E-state index in [2.05, 4.69) is 26.3 Å². The van der Waals surface area contributed by atoms with Crippen molar-refractivity contribution in [2.24, 2.45) is 5.84 Å². The number of halogens is 2. The molecule has 2 rings (SSSR count). The van der Waals surface area contributed by atoms with Crippen LogP contribution in [0.4, 0.5) is 10.2 Å². The monoisotopic (exact) mass is 324 g/mol. The standard InChI is InChI=1S/C13H14BrFN4/c1-7-4-5-18-13(16)11(7)12(19-17)9-3-2-8(15)6-10(9)14/h2-6,12,19H,17H2,1H3,(H2,16,18). The van der Waals surface area contributed by atoms with Crippen LogP contribution in [0, 0.1) is 12.7 Å². The fourth-order valence-corrected chi connectivity index (χ4v) is 2.61. The Hall–Kier alpha value is -1.50. The summed E-state index contributed by atoms with van der Waals surface area (Å²) in [5.74, 6) is 5.72. The summed E-state index contributed by atoms with van der Waals surface area (Å²) in [4.78, 5) is 4.07. The average molecular weight is 325 g/mol. The zero-order chi connectivity index (χ0) is 14.0. The first kappa shape index (κ1) is 13.9. The molecule has 2 aromatic rings. The number of aromatic nitrogens is 1. The molecule has 0 aliphatic rings. The Morgan fingerprint density at radius 1 is 1.37 bits per heavy atom. The number of nitrogens with two attached hydrogens (primary N) is 2. The minimum Gasteiger partial charge on any atom is -0.383 e. The van der Waals surface area contributed by atoms with E-state index in [1.165, 1.54) is 12.1 Å². The topological polar surface area (TPSA) is 77.0 Å². The van der Waals surface area contributed by atoms with Crippen LogP contribution in [0.5, 0.6) is 0 Å². The Morgan fingerprint density at radius 3 is 2.68 bits per heavy atom. The normalized spacial score (nSPS) is 12.4. The van der Waals surface area contributed by atoms with Crippen LogP contribution in [-0.2, 0) is 0 Å². The molecule has 0 amide bonds.